The van der Waals surface area contributed by atoms with Crippen molar-refractivity contribution in [3.8, 4) is 5.75 Å². The first kappa shape index (κ1) is 16.5. The lowest BCUT2D eigenvalue weighted by Crippen LogP contribution is -2.32. The summed E-state index contributed by atoms with van der Waals surface area (Å²) in [5.41, 5.74) is 0.248. The van der Waals surface area contributed by atoms with Crippen LogP contribution in [0.1, 0.15) is 10.4 Å². The van der Waals surface area contributed by atoms with Crippen LogP contribution in [0, 0.1) is 0 Å². The molecule has 112 valence electrons. The Bertz CT molecular complexity index is 435. The number of ether oxygens (including phenoxy) is 2. The summed E-state index contributed by atoms with van der Waals surface area (Å²) >= 11 is 0. The summed E-state index contributed by atoms with van der Waals surface area (Å²) in [5, 5.41) is 2.06. The van der Waals surface area contributed by atoms with E-state index in [1.807, 2.05) is 0 Å². The number of rotatable bonds is 8. The lowest BCUT2D eigenvalue weighted by atomic mass is 10.1. The summed E-state index contributed by atoms with van der Waals surface area (Å²) in [5.74, 6) is -0.120. The molecule has 1 N–H and O–H groups in total. The third-order valence-electron chi connectivity index (χ3n) is 2.34. The normalized spacial score (nSPS) is 11.4. The van der Waals surface area contributed by atoms with Crippen molar-refractivity contribution in [1.82, 2.24) is 5.32 Å². The van der Waals surface area contributed by atoms with Crippen LogP contribution in [0.3, 0.4) is 0 Å². The van der Waals surface area contributed by atoms with Crippen LogP contribution in [0.5, 0.6) is 5.75 Å². The number of Topliss-reactive ketones (excluding diaryl/α,β-unsaturated/α-hetero) is 1. The second kappa shape index (κ2) is 7.86. The zero-order chi connectivity index (χ0) is 15.0. The molecule has 0 aliphatic heterocycles. The van der Waals surface area contributed by atoms with Crippen LogP contribution in [0.4, 0.5) is 13.2 Å². The van der Waals surface area contributed by atoms with E-state index < -0.39 is 25.0 Å². The number of ketones is 1. The molecule has 0 aliphatic carbocycles. The van der Waals surface area contributed by atoms with Crippen LogP contribution in [-0.4, -0.2) is 45.4 Å². The van der Waals surface area contributed by atoms with Crippen molar-refractivity contribution in [1.29, 1.82) is 0 Å². The number of nitrogens with one attached hydrogen (secondary N) is 1. The van der Waals surface area contributed by atoms with Crippen molar-refractivity contribution < 1.29 is 27.4 Å². The molecule has 0 atom stereocenters. The van der Waals surface area contributed by atoms with E-state index in [0.717, 1.165) is 0 Å². The second-order valence-electron chi connectivity index (χ2n) is 3.98. The molecule has 0 radical (unpaired) electrons. The van der Waals surface area contributed by atoms with Crippen LogP contribution in [0.25, 0.3) is 0 Å². The molecule has 0 bridgehead atoms. The molecule has 7 heteroatoms. The Morgan fingerprint density at radius 1 is 1.25 bits per heavy atom. The molecule has 0 unspecified atom stereocenters. The monoisotopic (exact) mass is 291 g/mol. The summed E-state index contributed by atoms with van der Waals surface area (Å²) in [6, 6.07) is 6.41. The molecule has 0 heterocycles. The van der Waals surface area contributed by atoms with Gasteiger partial charge in [0, 0.05) is 7.11 Å². The van der Waals surface area contributed by atoms with Crippen LogP contribution < -0.4 is 10.1 Å². The maximum atomic E-state index is 12.0. The fourth-order valence-corrected chi connectivity index (χ4v) is 1.47. The quantitative estimate of drug-likeness (QED) is 0.588. The second-order valence-corrected chi connectivity index (χ2v) is 3.98. The molecule has 0 fully saturated rings. The zero-order valence-electron chi connectivity index (χ0n) is 11.0. The first-order valence-electron chi connectivity index (χ1n) is 5.95. The number of halogens is 3. The minimum Gasteiger partial charge on any atom is -0.490 e. The van der Waals surface area contributed by atoms with Gasteiger partial charge in [-0.1, -0.05) is 12.1 Å². The van der Waals surface area contributed by atoms with Crippen molar-refractivity contribution in [3.63, 3.8) is 0 Å². The number of alkyl halides is 3. The Morgan fingerprint density at radius 3 is 2.60 bits per heavy atom. The van der Waals surface area contributed by atoms with E-state index >= 15 is 0 Å². The number of methoxy groups -OCH3 is 1. The lowest BCUT2D eigenvalue weighted by Gasteiger charge is -2.11. The Balaban J connectivity index is 2.58. The average Bonchev–Trinajstić information content (AvgIpc) is 2.38. The van der Waals surface area contributed by atoms with Gasteiger partial charge in [-0.05, 0) is 12.1 Å². The van der Waals surface area contributed by atoms with E-state index in [9.17, 15) is 18.0 Å². The Morgan fingerprint density at radius 2 is 1.95 bits per heavy atom. The molecule has 0 spiro atoms. The van der Waals surface area contributed by atoms with E-state index in [1.54, 1.807) is 18.2 Å². The summed E-state index contributed by atoms with van der Waals surface area (Å²) in [6.07, 6.45) is -4.34. The first-order valence-corrected chi connectivity index (χ1v) is 5.95. The fourth-order valence-electron chi connectivity index (χ4n) is 1.47. The Hall–Kier alpha value is -1.60. The number of hydrogen-bond donors (Lipinski definition) is 1. The van der Waals surface area contributed by atoms with E-state index in [-0.39, 0.29) is 12.2 Å². The van der Waals surface area contributed by atoms with Gasteiger partial charge in [0.2, 0.25) is 0 Å². The third-order valence-corrected chi connectivity index (χ3v) is 2.34. The summed E-state index contributed by atoms with van der Waals surface area (Å²) in [7, 11) is 1.52. The van der Waals surface area contributed by atoms with Gasteiger partial charge in [0.1, 0.15) is 12.4 Å². The molecule has 0 aromatic heterocycles. The van der Waals surface area contributed by atoms with Gasteiger partial charge in [0.05, 0.1) is 25.3 Å². The molecule has 20 heavy (non-hydrogen) atoms. The third kappa shape index (κ3) is 6.03. The van der Waals surface area contributed by atoms with Crippen molar-refractivity contribution in [2.45, 2.75) is 6.18 Å². The van der Waals surface area contributed by atoms with Crippen LogP contribution in [-0.2, 0) is 4.74 Å². The lowest BCUT2D eigenvalue weighted by molar-refractivity contribution is -0.124. The van der Waals surface area contributed by atoms with Crippen molar-refractivity contribution >= 4 is 5.78 Å². The van der Waals surface area contributed by atoms with Gasteiger partial charge in [0.15, 0.2) is 5.78 Å². The number of para-hydroxylation sites is 1. The predicted molar refractivity (Wildman–Crippen MR) is 67.1 cm³/mol. The smallest absolute Gasteiger partial charge is 0.401 e. The first-order chi connectivity index (χ1) is 9.44. The van der Waals surface area contributed by atoms with Gasteiger partial charge >= 0.3 is 6.18 Å². The number of carbonyl (C=O) groups is 1. The molecular weight excluding hydrogens is 275 g/mol. The van der Waals surface area contributed by atoms with Crippen LogP contribution in [0.15, 0.2) is 24.3 Å². The fraction of sp³-hybridized carbons (Fsp3) is 0.462. The minimum atomic E-state index is -4.34. The van der Waals surface area contributed by atoms with Crippen LogP contribution in [0.2, 0.25) is 0 Å². The van der Waals surface area contributed by atoms with Crippen molar-refractivity contribution in [2.24, 2.45) is 0 Å². The highest BCUT2D eigenvalue weighted by atomic mass is 19.4. The molecule has 4 nitrogen and oxygen atoms in total. The maximum Gasteiger partial charge on any atom is 0.401 e. The number of carbonyl (C=O) groups excluding carboxylic acids is 1. The van der Waals surface area contributed by atoms with Gasteiger partial charge in [0.25, 0.3) is 0 Å². The van der Waals surface area contributed by atoms with E-state index in [4.69, 9.17) is 9.47 Å². The summed E-state index contributed by atoms with van der Waals surface area (Å²) in [4.78, 5) is 11.8. The molecule has 0 amide bonds. The van der Waals surface area contributed by atoms with Gasteiger partial charge < -0.3 is 14.8 Å². The minimum absolute atomic E-state index is 0.248. The summed E-state index contributed by atoms with van der Waals surface area (Å²) < 4.78 is 46.1. The van der Waals surface area contributed by atoms with E-state index in [2.05, 4.69) is 5.32 Å². The molecule has 0 aliphatic rings. The Kier molecular flexibility index (Phi) is 6.47. The topological polar surface area (TPSA) is 47.6 Å². The maximum absolute atomic E-state index is 12.0. The highest BCUT2D eigenvalue weighted by molar-refractivity contribution is 6.00. The van der Waals surface area contributed by atoms with E-state index in [0.29, 0.717) is 12.4 Å². The van der Waals surface area contributed by atoms with E-state index in [1.165, 1.54) is 13.2 Å². The van der Waals surface area contributed by atoms with Gasteiger partial charge in [-0.3, -0.25) is 4.79 Å². The van der Waals surface area contributed by atoms with Crippen molar-refractivity contribution in [2.75, 3.05) is 33.4 Å². The SMILES string of the molecule is COCCOc1ccccc1C(=O)CNCC(F)(F)F. The van der Waals surface area contributed by atoms with Gasteiger partial charge in [-0.25, -0.2) is 0 Å². The largest absolute Gasteiger partial charge is 0.490 e. The molecule has 0 saturated heterocycles. The predicted octanol–water partition coefficient (Wildman–Crippen LogP) is 2.05. The molecular formula is C13H16F3NO3. The summed E-state index contributed by atoms with van der Waals surface area (Å²) in [6.45, 7) is -0.985. The molecule has 0 saturated carbocycles. The van der Waals surface area contributed by atoms with Gasteiger partial charge in [-0.2, -0.15) is 13.2 Å². The molecule has 1 aromatic rings. The highest BCUT2D eigenvalue weighted by Gasteiger charge is 2.26. The molecule has 1 aromatic carbocycles. The molecule has 1 rings (SSSR count). The number of benzene rings is 1. The standard InChI is InChI=1S/C13H16F3NO3/c1-19-6-7-20-12-5-3-2-4-10(12)11(18)8-17-9-13(14,15)16/h2-5,17H,6-9H2,1H3. The Labute approximate surface area is 114 Å². The highest BCUT2D eigenvalue weighted by Crippen LogP contribution is 2.18. The average molecular weight is 291 g/mol. The van der Waals surface area contributed by atoms with Crippen molar-refractivity contribution in [3.05, 3.63) is 29.8 Å². The number of hydrogen-bond acceptors (Lipinski definition) is 4. The van der Waals surface area contributed by atoms with Crippen LogP contribution >= 0.6 is 0 Å². The van der Waals surface area contributed by atoms with Gasteiger partial charge in [-0.15, -0.1) is 0 Å². The zero-order valence-corrected chi connectivity index (χ0v) is 11.0.